The van der Waals surface area contributed by atoms with Crippen LogP contribution < -0.4 is 11.5 Å². The zero-order valence-corrected chi connectivity index (χ0v) is 10.5. The van der Waals surface area contributed by atoms with Gasteiger partial charge in [-0.15, -0.1) is 0 Å². The van der Waals surface area contributed by atoms with Crippen LogP contribution in [0.25, 0.3) is 0 Å². The first kappa shape index (κ1) is 14.0. The van der Waals surface area contributed by atoms with Gasteiger partial charge in [0.15, 0.2) is 0 Å². The Bertz CT molecular complexity index is 281. The van der Waals surface area contributed by atoms with Crippen molar-refractivity contribution in [3.05, 3.63) is 0 Å². The molecule has 98 valence electrons. The lowest BCUT2D eigenvalue weighted by molar-refractivity contribution is -0.136. The molecule has 2 amide bonds. The quantitative estimate of drug-likeness (QED) is 0.722. The van der Waals surface area contributed by atoms with Crippen molar-refractivity contribution in [2.45, 2.75) is 45.1 Å². The van der Waals surface area contributed by atoms with E-state index in [0.717, 1.165) is 25.7 Å². The first-order valence-electron chi connectivity index (χ1n) is 6.36. The van der Waals surface area contributed by atoms with Gasteiger partial charge in [-0.25, -0.2) is 0 Å². The molecule has 5 nitrogen and oxygen atoms in total. The summed E-state index contributed by atoms with van der Waals surface area (Å²) in [6.07, 6.45) is 4.77. The maximum Gasteiger partial charge on any atom is 0.237 e. The molecular formula is C12H23N3O2. The van der Waals surface area contributed by atoms with Gasteiger partial charge in [-0.05, 0) is 25.7 Å². The molecule has 0 radical (unpaired) electrons. The smallest absolute Gasteiger partial charge is 0.237 e. The third-order valence-electron chi connectivity index (χ3n) is 3.49. The molecule has 1 saturated carbocycles. The summed E-state index contributed by atoms with van der Waals surface area (Å²) in [5.41, 5.74) is 11.1. The summed E-state index contributed by atoms with van der Waals surface area (Å²) in [4.78, 5) is 24.3. The van der Waals surface area contributed by atoms with Gasteiger partial charge in [0.2, 0.25) is 11.8 Å². The molecule has 1 rings (SSSR count). The molecule has 0 heterocycles. The van der Waals surface area contributed by atoms with Gasteiger partial charge in [0.05, 0.1) is 6.54 Å². The SMILES string of the molecule is CCN(CC(N)=O)C(=O)CC1CCCCC1N. The Morgan fingerprint density at radius 1 is 1.29 bits per heavy atom. The van der Waals surface area contributed by atoms with Crippen LogP contribution in [0.5, 0.6) is 0 Å². The molecule has 4 N–H and O–H groups in total. The zero-order valence-electron chi connectivity index (χ0n) is 10.5. The Balaban J connectivity index is 2.47. The van der Waals surface area contributed by atoms with Crippen LogP contribution in [0.15, 0.2) is 0 Å². The molecule has 0 spiro atoms. The second kappa shape index (κ2) is 6.59. The lowest BCUT2D eigenvalue weighted by atomic mass is 9.83. The molecule has 5 heteroatoms. The topological polar surface area (TPSA) is 89.4 Å². The highest BCUT2D eigenvalue weighted by molar-refractivity contribution is 5.83. The molecule has 0 aromatic rings. The fourth-order valence-corrected chi connectivity index (χ4v) is 2.41. The minimum atomic E-state index is -0.465. The van der Waals surface area contributed by atoms with Crippen LogP contribution >= 0.6 is 0 Å². The van der Waals surface area contributed by atoms with Crippen molar-refractivity contribution in [2.24, 2.45) is 17.4 Å². The number of amides is 2. The standard InChI is InChI=1S/C12H23N3O2/c1-2-15(8-11(14)16)12(17)7-9-5-3-4-6-10(9)13/h9-10H,2-8,13H2,1H3,(H2,14,16). The molecule has 2 unspecified atom stereocenters. The molecule has 1 aliphatic carbocycles. The van der Waals surface area contributed by atoms with Gasteiger partial charge in [0, 0.05) is 19.0 Å². The minimum absolute atomic E-state index is 0.00588. The minimum Gasteiger partial charge on any atom is -0.368 e. The largest absolute Gasteiger partial charge is 0.368 e. The van der Waals surface area contributed by atoms with Crippen molar-refractivity contribution in [1.29, 1.82) is 0 Å². The molecule has 0 aromatic heterocycles. The van der Waals surface area contributed by atoms with E-state index in [0.29, 0.717) is 13.0 Å². The highest BCUT2D eigenvalue weighted by Crippen LogP contribution is 2.26. The summed E-state index contributed by atoms with van der Waals surface area (Å²) in [7, 11) is 0. The van der Waals surface area contributed by atoms with E-state index in [9.17, 15) is 9.59 Å². The Kier molecular flexibility index (Phi) is 5.41. The van der Waals surface area contributed by atoms with Crippen LogP contribution in [-0.4, -0.2) is 35.8 Å². The molecule has 0 aromatic carbocycles. The molecule has 1 fully saturated rings. The average molecular weight is 241 g/mol. The number of likely N-dealkylation sites (N-methyl/N-ethyl adjacent to an activating group) is 1. The van der Waals surface area contributed by atoms with Gasteiger partial charge in [-0.1, -0.05) is 12.8 Å². The number of nitrogens with zero attached hydrogens (tertiary/aromatic N) is 1. The number of primary amides is 1. The highest BCUT2D eigenvalue weighted by Gasteiger charge is 2.26. The molecule has 0 aliphatic heterocycles. The van der Waals surface area contributed by atoms with Crippen LogP contribution in [0.3, 0.4) is 0 Å². The normalized spacial score (nSPS) is 24.4. The van der Waals surface area contributed by atoms with Crippen molar-refractivity contribution in [1.82, 2.24) is 4.90 Å². The van der Waals surface area contributed by atoms with Crippen LogP contribution in [0.4, 0.5) is 0 Å². The number of carbonyl (C=O) groups excluding carboxylic acids is 2. The maximum absolute atomic E-state index is 12.0. The van der Waals surface area contributed by atoms with Crippen LogP contribution in [0.1, 0.15) is 39.0 Å². The molecule has 17 heavy (non-hydrogen) atoms. The predicted molar refractivity (Wildman–Crippen MR) is 66.0 cm³/mol. The fourth-order valence-electron chi connectivity index (χ4n) is 2.41. The first-order chi connectivity index (χ1) is 8.04. The van der Waals surface area contributed by atoms with E-state index in [1.807, 2.05) is 6.92 Å². The Labute approximate surface area is 103 Å². The van der Waals surface area contributed by atoms with E-state index in [-0.39, 0.29) is 24.4 Å². The van der Waals surface area contributed by atoms with Crippen molar-refractivity contribution in [3.8, 4) is 0 Å². The second-order valence-corrected chi connectivity index (χ2v) is 4.79. The number of nitrogens with two attached hydrogens (primary N) is 2. The summed E-state index contributed by atoms with van der Waals surface area (Å²) < 4.78 is 0. The van der Waals surface area contributed by atoms with Crippen molar-refractivity contribution >= 4 is 11.8 Å². The van der Waals surface area contributed by atoms with E-state index in [2.05, 4.69) is 0 Å². The summed E-state index contributed by atoms with van der Waals surface area (Å²) >= 11 is 0. The summed E-state index contributed by atoms with van der Waals surface area (Å²) in [5.74, 6) is -0.208. The summed E-state index contributed by atoms with van der Waals surface area (Å²) in [6.45, 7) is 2.38. The van der Waals surface area contributed by atoms with E-state index in [4.69, 9.17) is 11.5 Å². The second-order valence-electron chi connectivity index (χ2n) is 4.79. The first-order valence-corrected chi connectivity index (χ1v) is 6.36. The average Bonchev–Trinajstić information content (AvgIpc) is 2.28. The van der Waals surface area contributed by atoms with Crippen LogP contribution in [-0.2, 0) is 9.59 Å². The number of carbonyl (C=O) groups is 2. The Morgan fingerprint density at radius 2 is 1.94 bits per heavy atom. The zero-order chi connectivity index (χ0) is 12.8. The van der Waals surface area contributed by atoms with Crippen molar-refractivity contribution in [2.75, 3.05) is 13.1 Å². The predicted octanol–water partition coefficient (Wildman–Crippen LogP) is 0.228. The van der Waals surface area contributed by atoms with Crippen molar-refractivity contribution < 1.29 is 9.59 Å². The fraction of sp³-hybridized carbons (Fsp3) is 0.833. The van der Waals surface area contributed by atoms with Gasteiger partial charge >= 0.3 is 0 Å². The van der Waals surface area contributed by atoms with Crippen LogP contribution in [0.2, 0.25) is 0 Å². The van der Waals surface area contributed by atoms with Crippen molar-refractivity contribution in [3.63, 3.8) is 0 Å². The molecule has 1 aliphatic rings. The Hall–Kier alpha value is -1.10. The molecule has 2 atom stereocenters. The summed E-state index contributed by atoms with van der Waals surface area (Å²) in [5, 5.41) is 0. The van der Waals surface area contributed by atoms with Gasteiger partial charge in [0.25, 0.3) is 0 Å². The van der Waals surface area contributed by atoms with E-state index >= 15 is 0 Å². The lowest BCUT2D eigenvalue weighted by Gasteiger charge is -2.30. The number of hydrogen-bond acceptors (Lipinski definition) is 3. The highest BCUT2D eigenvalue weighted by atomic mass is 16.2. The van der Waals surface area contributed by atoms with E-state index < -0.39 is 5.91 Å². The molecular weight excluding hydrogens is 218 g/mol. The van der Waals surface area contributed by atoms with Gasteiger partial charge < -0.3 is 16.4 Å². The van der Waals surface area contributed by atoms with E-state index in [1.165, 1.54) is 4.90 Å². The Morgan fingerprint density at radius 3 is 2.47 bits per heavy atom. The van der Waals surface area contributed by atoms with Crippen LogP contribution in [0, 0.1) is 5.92 Å². The van der Waals surface area contributed by atoms with Gasteiger partial charge in [-0.3, -0.25) is 9.59 Å². The van der Waals surface area contributed by atoms with E-state index in [1.54, 1.807) is 0 Å². The molecule has 0 bridgehead atoms. The third-order valence-corrected chi connectivity index (χ3v) is 3.49. The third kappa shape index (κ3) is 4.34. The maximum atomic E-state index is 12.0. The monoisotopic (exact) mass is 241 g/mol. The van der Waals surface area contributed by atoms with Gasteiger partial charge in [0.1, 0.15) is 0 Å². The lowest BCUT2D eigenvalue weighted by Crippen LogP contribution is -2.42. The number of hydrogen-bond donors (Lipinski definition) is 2. The number of rotatable bonds is 5. The summed E-state index contributed by atoms with van der Waals surface area (Å²) in [6, 6.07) is 0.125. The molecule has 0 saturated heterocycles. The van der Waals surface area contributed by atoms with Gasteiger partial charge in [-0.2, -0.15) is 0 Å².